The maximum Gasteiger partial charge on any atom is 0.228 e. The Kier molecular flexibility index (Phi) is 7.03. The van der Waals surface area contributed by atoms with Crippen LogP contribution in [0.25, 0.3) is 0 Å². The number of likely N-dealkylation sites (tertiary alicyclic amines) is 1. The maximum atomic E-state index is 12.4. The number of piperidine rings is 1. The Balaban J connectivity index is 1.40. The molecule has 152 valence electrons. The lowest BCUT2D eigenvalue weighted by Gasteiger charge is -2.34. The maximum absolute atomic E-state index is 12.4. The van der Waals surface area contributed by atoms with Crippen molar-refractivity contribution < 1.29 is 14.2 Å². The molecular weight excluding hydrogens is 356 g/mol. The van der Waals surface area contributed by atoms with Gasteiger partial charge in [0.25, 0.3) is 0 Å². The summed E-state index contributed by atoms with van der Waals surface area (Å²) in [7, 11) is 3.60. The van der Waals surface area contributed by atoms with Gasteiger partial charge >= 0.3 is 0 Å². The summed E-state index contributed by atoms with van der Waals surface area (Å²) in [6, 6.07) is 8.23. The zero-order chi connectivity index (χ0) is 19.9. The Labute approximate surface area is 166 Å². The molecule has 0 bridgehead atoms. The zero-order valence-corrected chi connectivity index (χ0v) is 17.1. The lowest BCUT2D eigenvalue weighted by Crippen LogP contribution is -2.40. The number of nitrogens with zero attached hydrogens (tertiary/aromatic N) is 4. The number of carbonyl (C=O) groups is 1. The molecule has 1 aromatic carbocycles. The van der Waals surface area contributed by atoms with Gasteiger partial charge in [-0.1, -0.05) is 28.5 Å². The first-order valence-corrected chi connectivity index (χ1v) is 9.93. The van der Waals surface area contributed by atoms with Crippen LogP contribution in [0.3, 0.4) is 0 Å². The molecule has 3 rings (SSSR count). The van der Waals surface area contributed by atoms with Crippen LogP contribution >= 0.6 is 0 Å². The van der Waals surface area contributed by atoms with Gasteiger partial charge in [0.05, 0.1) is 13.5 Å². The fraction of sp³-hybridized carbons (Fsp3) is 0.571. The number of ether oxygens (including phenoxy) is 1. The van der Waals surface area contributed by atoms with Crippen molar-refractivity contribution in [3.63, 3.8) is 0 Å². The monoisotopic (exact) mass is 386 g/mol. The quantitative estimate of drug-likeness (QED) is 0.693. The van der Waals surface area contributed by atoms with E-state index in [4.69, 9.17) is 4.74 Å². The molecule has 2 heterocycles. The predicted molar refractivity (Wildman–Crippen MR) is 106 cm³/mol. The van der Waals surface area contributed by atoms with Gasteiger partial charge in [-0.25, -0.2) is 4.63 Å². The standard InChI is InChI=1S/C21H30N4O3/c1-16-19(23-28-22-16)14-21(26)24(2)15-17-8-11-25(12-9-17)13-10-18-6-4-5-7-20(18)27-3/h4-7,17H,8-15H2,1-3H3. The van der Waals surface area contributed by atoms with Crippen LogP contribution in [-0.4, -0.2) is 66.4 Å². The van der Waals surface area contributed by atoms with Crippen LogP contribution < -0.4 is 4.74 Å². The number of amides is 1. The van der Waals surface area contributed by atoms with Crippen molar-refractivity contribution in [2.45, 2.75) is 32.6 Å². The second-order valence-corrected chi connectivity index (χ2v) is 7.59. The molecule has 1 saturated heterocycles. The van der Waals surface area contributed by atoms with Crippen molar-refractivity contribution in [3.05, 3.63) is 41.2 Å². The van der Waals surface area contributed by atoms with Gasteiger partial charge in [-0.05, 0) is 56.8 Å². The highest BCUT2D eigenvalue weighted by Gasteiger charge is 2.23. The molecule has 7 heteroatoms. The molecule has 1 aromatic heterocycles. The Hall–Kier alpha value is -2.41. The largest absolute Gasteiger partial charge is 0.496 e. The summed E-state index contributed by atoms with van der Waals surface area (Å²) in [5.41, 5.74) is 2.57. The number of rotatable bonds is 8. The van der Waals surface area contributed by atoms with Crippen LogP contribution in [0.5, 0.6) is 5.75 Å². The number of likely N-dealkylation sites (N-methyl/N-ethyl adjacent to an activating group) is 1. The van der Waals surface area contributed by atoms with Crippen LogP contribution in [0.2, 0.25) is 0 Å². The number of benzene rings is 1. The summed E-state index contributed by atoms with van der Waals surface area (Å²) >= 11 is 0. The average molecular weight is 386 g/mol. The predicted octanol–water partition coefficient (Wildman–Crippen LogP) is 2.34. The minimum atomic E-state index is 0.0670. The van der Waals surface area contributed by atoms with Gasteiger partial charge in [-0.2, -0.15) is 0 Å². The molecule has 1 aliphatic rings. The minimum Gasteiger partial charge on any atom is -0.496 e. The molecule has 0 aliphatic carbocycles. The molecule has 0 saturated carbocycles. The van der Waals surface area contributed by atoms with Crippen molar-refractivity contribution in [2.75, 3.05) is 40.3 Å². The Morgan fingerprint density at radius 1 is 1.29 bits per heavy atom. The molecule has 1 aliphatic heterocycles. The second-order valence-electron chi connectivity index (χ2n) is 7.59. The van der Waals surface area contributed by atoms with E-state index in [1.807, 2.05) is 24.1 Å². The number of hydrogen-bond acceptors (Lipinski definition) is 6. The van der Waals surface area contributed by atoms with E-state index < -0.39 is 0 Å². The average Bonchev–Trinajstić information content (AvgIpc) is 3.12. The number of aromatic nitrogens is 2. The topological polar surface area (TPSA) is 71.7 Å². The zero-order valence-electron chi connectivity index (χ0n) is 17.1. The first kappa shape index (κ1) is 20.3. The minimum absolute atomic E-state index is 0.0670. The molecule has 0 atom stereocenters. The Morgan fingerprint density at radius 2 is 2.04 bits per heavy atom. The van der Waals surface area contributed by atoms with E-state index >= 15 is 0 Å². The molecule has 1 fully saturated rings. The van der Waals surface area contributed by atoms with E-state index in [1.54, 1.807) is 14.0 Å². The van der Waals surface area contributed by atoms with Crippen molar-refractivity contribution in [1.82, 2.24) is 20.1 Å². The number of aryl methyl sites for hydroxylation is 1. The summed E-state index contributed by atoms with van der Waals surface area (Å²) in [6.45, 7) is 5.80. The van der Waals surface area contributed by atoms with E-state index in [0.29, 0.717) is 17.3 Å². The van der Waals surface area contributed by atoms with Crippen LogP contribution in [0.1, 0.15) is 29.8 Å². The van der Waals surface area contributed by atoms with E-state index in [0.717, 1.165) is 51.2 Å². The lowest BCUT2D eigenvalue weighted by molar-refractivity contribution is -0.130. The Morgan fingerprint density at radius 3 is 2.71 bits per heavy atom. The van der Waals surface area contributed by atoms with Crippen molar-refractivity contribution in [3.8, 4) is 5.75 Å². The van der Waals surface area contributed by atoms with Crippen LogP contribution in [-0.2, 0) is 17.6 Å². The third-order valence-electron chi connectivity index (χ3n) is 5.62. The summed E-state index contributed by atoms with van der Waals surface area (Å²) in [6.07, 6.45) is 3.49. The third-order valence-corrected chi connectivity index (χ3v) is 5.62. The molecule has 7 nitrogen and oxygen atoms in total. The van der Waals surface area contributed by atoms with Gasteiger partial charge in [0, 0.05) is 20.1 Å². The van der Waals surface area contributed by atoms with Crippen molar-refractivity contribution in [1.29, 1.82) is 0 Å². The van der Waals surface area contributed by atoms with E-state index in [1.165, 1.54) is 5.56 Å². The van der Waals surface area contributed by atoms with Gasteiger partial charge in [-0.3, -0.25) is 4.79 Å². The number of hydrogen-bond donors (Lipinski definition) is 0. The number of methoxy groups -OCH3 is 1. The summed E-state index contributed by atoms with van der Waals surface area (Å²) in [5, 5.41) is 7.54. The fourth-order valence-electron chi connectivity index (χ4n) is 3.76. The van der Waals surface area contributed by atoms with Crippen molar-refractivity contribution in [2.24, 2.45) is 5.92 Å². The van der Waals surface area contributed by atoms with Gasteiger partial charge in [0.1, 0.15) is 17.1 Å². The SMILES string of the molecule is COc1ccccc1CCN1CCC(CN(C)C(=O)Cc2nonc2C)CC1. The van der Waals surface area contributed by atoms with Gasteiger partial charge in [0.15, 0.2) is 0 Å². The molecular formula is C21H30N4O3. The van der Waals surface area contributed by atoms with Crippen LogP contribution in [0, 0.1) is 12.8 Å². The smallest absolute Gasteiger partial charge is 0.228 e. The molecule has 0 unspecified atom stereocenters. The number of para-hydroxylation sites is 1. The molecule has 28 heavy (non-hydrogen) atoms. The number of carbonyl (C=O) groups excluding carboxylic acids is 1. The molecule has 0 N–H and O–H groups in total. The second kappa shape index (κ2) is 9.68. The first-order chi connectivity index (χ1) is 13.6. The molecule has 1 amide bonds. The molecule has 0 radical (unpaired) electrons. The Bertz CT molecular complexity index is 769. The normalized spacial score (nSPS) is 15.5. The van der Waals surface area contributed by atoms with E-state index in [9.17, 15) is 4.79 Å². The van der Waals surface area contributed by atoms with Gasteiger partial charge in [-0.15, -0.1) is 0 Å². The summed E-state index contributed by atoms with van der Waals surface area (Å²) in [5.74, 6) is 1.58. The highest BCUT2D eigenvalue weighted by molar-refractivity contribution is 5.78. The molecule has 2 aromatic rings. The summed E-state index contributed by atoms with van der Waals surface area (Å²) < 4.78 is 10.1. The van der Waals surface area contributed by atoms with E-state index in [-0.39, 0.29) is 12.3 Å². The van der Waals surface area contributed by atoms with Gasteiger partial charge < -0.3 is 14.5 Å². The lowest BCUT2D eigenvalue weighted by atomic mass is 9.95. The van der Waals surface area contributed by atoms with Crippen LogP contribution in [0.4, 0.5) is 0 Å². The summed E-state index contributed by atoms with van der Waals surface area (Å²) in [4.78, 5) is 16.7. The van der Waals surface area contributed by atoms with Crippen LogP contribution in [0.15, 0.2) is 28.9 Å². The van der Waals surface area contributed by atoms with E-state index in [2.05, 4.69) is 32.0 Å². The highest BCUT2D eigenvalue weighted by Crippen LogP contribution is 2.21. The van der Waals surface area contributed by atoms with Gasteiger partial charge in [0.2, 0.25) is 5.91 Å². The highest BCUT2D eigenvalue weighted by atomic mass is 16.6. The molecule has 0 spiro atoms. The first-order valence-electron chi connectivity index (χ1n) is 9.93. The third kappa shape index (κ3) is 5.32. The van der Waals surface area contributed by atoms with Crippen molar-refractivity contribution >= 4 is 5.91 Å². The fourth-order valence-corrected chi connectivity index (χ4v) is 3.76.